The molecule has 0 radical (unpaired) electrons. The highest BCUT2D eigenvalue weighted by molar-refractivity contribution is 5.63. The van der Waals surface area contributed by atoms with Crippen molar-refractivity contribution in [3.8, 4) is 17.5 Å². The Morgan fingerprint density at radius 2 is 1.86 bits per heavy atom. The van der Waals surface area contributed by atoms with E-state index in [4.69, 9.17) is 5.26 Å². The lowest BCUT2D eigenvalue weighted by Gasteiger charge is -2.09. The first-order chi connectivity index (χ1) is 9.99. The molecular formula is C14H7F3N4. The number of pyridine rings is 1. The zero-order chi connectivity index (χ0) is 15.0. The molecule has 0 bridgehead atoms. The van der Waals surface area contributed by atoms with Gasteiger partial charge in [0.15, 0.2) is 11.5 Å². The SMILES string of the molecule is N#Cc1ccc2nc(-c3ccccc3C(F)(F)F)nn2c1. The summed E-state index contributed by atoms with van der Waals surface area (Å²) in [4.78, 5) is 4.07. The van der Waals surface area contributed by atoms with Crippen molar-refractivity contribution in [3.05, 3.63) is 53.7 Å². The maximum Gasteiger partial charge on any atom is 0.417 e. The van der Waals surface area contributed by atoms with E-state index >= 15 is 0 Å². The Kier molecular flexibility index (Phi) is 2.87. The van der Waals surface area contributed by atoms with Crippen LogP contribution < -0.4 is 0 Å². The third-order valence-corrected chi connectivity index (χ3v) is 2.93. The van der Waals surface area contributed by atoms with Crippen molar-refractivity contribution in [3.63, 3.8) is 0 Å². The predicted molar refractivity (Wildman–Crippen MR) is 68.1 cm³/mol. The average Bonchev–Trinajstić information content (AvgIpc) is 2.89. The van der Waals surface area contributed by atoms with Crippen LogP contribution in [0.1, 0.15) is 11.1 Å². The number of nitrogens with zero attached hydrogens (tertiary/aromatic N) is 4. The highest BCUT2D eigenvalue weighted by Crippen LogP contribution is 2.35. The summed E-state index contributed by atoms with van der Waals surface area (Å²) in [6.07, 6.45) is -3.06. The lowest BCUT2D eigenvalue weighted by Crippen LogP contribution is -2.07. The van der Waals surface area contributed by atoms with E-state index in [1.54, 1.807) is 0 Å². The second-order valence-corrected chi connectivity index (χ2v) is 4.31. The van der Waals surface area contributed by atoms with E-state index in [2.05, 4.69) is 10.1 Å². The molecule has 0 aliphatic carbocycles. The minimum absolute atomic E-state index is 0.0296. The largest absolute Gasteiger partial charge is 0.417 e. The summed E-state index contributed by atoms with van der Waals surface area (Å²) in [6.45, 7) is 0. The molecule has 4 nitrogen and oxygen atoms in total. The van der Waals surface area contributed by atoms with Gasteiger partial charge in [0.25, 0.3) is 0 Å². The van der Waals surface area contributed by atoms with Crippen molar-refractivity contribution in [2.45, 2.75) is 6.18 Å². The Hall–Kier alpha value is -2.88. The van der Waals surface area contributed by atoms with E-state index in [9.17, 15) is 13.2 Å². The number of fused-ring (bicyclic) bond motifs is 1. The van der Waals surface area contributed by atoms with Gasteiger partial charge in [0, 0.05) is 11.8 Å². The first-order valence-electron chi connectivity index (χ1n) is 5.92. The molecule has 7 heteroatoms. The van der Waals surface area contributed by atoms with E-state index in [0.29, 0.717) is 11.2 Å². The molecule has 0 aliphatic heterocycles. The van der Waals surface area contributed by atoms with Crippen LogP contribution >= 0.6 is 0 Å². The number of hydrogen-bond donors (Lipinski definition) is 0. The van der Waals surface area contributed by atoms with Gasteiger partial charge in [0.1, 0.15) is 6.07 Å². The van der Waals surface area contributed by atoms with Crippen LogP contribution in [0.3, 0.4) is 0 Å². The Bertz CT molecular complexity index is 859. The van der Waals surface area contributed by atoms with Crippen LogP contribution in [0.25, 0.3) is 17.0 Å². The van der Waals surface area contributed by atoms with E-state index in [0.717, 1.165) is 6.07 Å². The highest BCUT2D eigenvalue weighted by Gasteiger charge is 2.34. The van der Waals surface area contributed by atoms with Crippen LogP contribution in [0, 0.1) is 11.3 Å². The monoisotopic (exact) mass is 288 g/mol. The van der Waals surface area contributed by atoms with Gasteiger partial charge in [0.2, 0.25) is 0 Å². The number of nitriles is 1. The number of rotatable bonds is 1. The lowest BCUT2D eigenvalue weighted by molar-refractivity contribution is -0.137. The fourth-order valence-corrected chi connectivity index (χ4v) is 1.99. The molecule has 0 fully saturated rings. The van der Waals surface area contributed by atoms with Crippen molar-refractivity contribution in [2.24, 2.45) is 0 Å². The third kappa shape index (κ3) is 2.31. The fraction of sp³-hybridized carbons (Fsp3) is 0.0714. The zero-order valence-corrected chi connectivity index (χ0v) is 10.5. The molecule has 3 aromatic rings. The summed E-state index contributed by atoms with van der Waals surface area (Å²) < 4.78 is 40.3. The minimum Gasteiger partial charge on any atom is -0.219 e. The Balaban J connectivity index is 2.20. The number of hydrogen-bond acceptors (Lipinski definition) is 3. The second kappa shape index (κ2) is 4.59. The number of alkyl halides is 3. The molecule has 3 rings (SSSR count). The molecule has 0 spiro atoms. The zero-order valence-electron chi connectivity index (χ0n) is 10.5. The quantitative estimate of drug-likeness (QED) is 0.690. The molecule has 0 aliphatic rings. The molecule has 2 aromatic heterocycles. The maximum absolute atomic E-state index is 13.0. The number of aromatic nitrogens is 3. The summed E-state index contributed by atoms with van der Waals surface area (Å²) in [5.74, 6) is -0.0296. The van der Waals surface area contributed by atoms with Gasteiger partial charge >= 0.3 is 6.18 Å². The van der Waals surface area contributed by atoms with Crippen LogP contribution in [0.4, 0.5) is 13.2 Å². The van der Waals surface area contributed by atoms with Crippen molar-refractivity contribution in [1.29, 1.82) is 5.26 Å². The van der Waals surface area contributed by atoms with Crippen LogP contribution in [0.2, 0.25) is 0 Å². The topological polar surface area (TPSA) is 54.0 Å². The summed E-state index contributed by atoms with van der Waals surface area (Å²) in [5, 5.41) is 12.8. The first-order valence-corrected chi connectivity index (χ1v) is 5.92. The van der Waals surface area contributed by atoms with Crippen LogP contribution in [-0.4, -0.2) is 14.6 Å². The summed E-state index contributed by atoms with van der Waals surface area (Å²) in [5.41, 5.74) is -0.155. The van der Waals surface area contributed by atoms with Crippen LogP contribution in [0.5, 0.6) is 0 Å². The molecule has 2 heterocycles. The molecular weight excluding hydrogens is 281 g/mol. The average molecular weight is 288 g/mol. The van der Waals surface area contributed by atoms with Crippen LogP contribution in [-0.2, 0) is 6.18 Å². The van der Waals surface area contributed by atoms with E-state index in [1.165, 1.54) is 41.0 Å². The van der Waals surface area contributed by atoms with Gasteiger partial charge in [-0.05, 0) is 18.2 Å². The molecule has 0 saturated carbocycles. The van der Waals surface area contributed by atoms with Gasteiger partial charge < -0.3 is 0 Å². The predicted octanol–water partition coefficient (Wildman–Crippen LogP) is 3.29. The molecule has 1 aromatic carbocycles. The molecule has 104 valence electrons. The van der Waals surface area contributed by atoms with Crippen molar-refractivity contribution >= 4 is 5.65 Å². The summed E-state index contributed by atoms with van der Waals surface area (Å²) in [6, 6.07) is 10.1. The van der Waals surface area contributed by atoms with Crippen LogP contribution in [0.15, 0.2) is 42.6 Å². The van der Waals surface area contributed by atoms with E-state index in [1.807, 2.05) is 6.07 Å². The second-order valence-electron chi connectivity index (χ2n) is 4.31. The smallest absolute Gasteiger partial charge is 0.219 e. The molecule has 0 N–H and O–H groups in total. The lowest BCUT2D eigenvalue weighted by atomic mass is 10.1. The standard InChI is InChI=1S/C14H7F3N4/c15-14(16,17)11-4-2-1-3-10(11)13-19-12-6-5-9(7-18)8-21(12)20-13/h1-6,8H. The third-order valence-electron chi connectivity index (χ3n) is 2.93. The molecule has 0 unspecified atom stereocenters. The Morgan fingerprint density at radius 3 is 2.57 bits per heavy atom. The van der Waals surface area contributed by atoms with Gasteiger partial charge in [-0.25, -0.2) is 9.50 Å². The van der Waals surface area contributed by atoms with Crippen molar-refractivity contribution in [2.75, 3.05) is 0 Å². The van der Waals surface area contributed by atoms with Gasteiger partial charge in [-0.1, -0.05) is 18.2 Å². The molecule has 0 amide bonds. The number of halogens is 3. The molecule has 0 atom stereocenters. The van der Waals surface area contributed by atoms with Gasteiger partial charge in [0.05, 0.1) is 11.1 Å². The van der Waals surface area contributed by atoms with Crippen molar-refractivity contribution < 1.29 is 13.2 Å². The normalized spacial score (nSPS) is 11.5. The van der Waals surface area contributed by atoms with E-state index < -0.39 is 11.7 Å². The van der Waals surface area contributed by atoms with Gasteiger partial charge in [-0.3, -0.25) is 0 Å². The van der Waals surface area contributed by atoms with E-state index in [-0.39, 0.29) is 11.4 Å². The van der Waals surface area contributed by atoms with Crippen molar-refractivity contribution in [1.82, 2.24) is 14.6 Å². The van der Waals surface area contributed by atoms with Gasteiger partial charge in [-0.15, -0.1) is 5.10 Å². The summed E-state index contributed by atoms with van der Waals surface area (Å²) in [7, 11) is 0. The highest BCUT2D eigenvalue weighted by atomic mass is 19.4. The maximum atomic E-state index is 13.0. The Morgan fingerprint density at radius 1 is 1.10 bits per heavy atom. The fourth-order valence-electron chi connectivity index (χ4n) is 1.99. The van der Waals surface area contributed by atoms with Gasteiger partial charge in [-0.2, -0.15) is 18.4 Å². The summed E-state index contributed by atoms with van der Waals surface area (Å²) >= 11 is 0. The molecule has 0 saturated heterocycles. The number of benzene rings is 1. The Labute approximate surface area is 117 Å². The minimum atomic E-state index is -4.48. The molecule has 21 heavy (non-hydrogen) atoms. The first kappa shape index (κ1) is 13.1.